The van der Waals surface area contributed by atoms with Gasteiger partial charge in [0.2, 0.25) is 5.91 Å². The van der Waals surface area contributed by atoms with Crippen molar-refractivity contribution in [3.05, 3.63) is 50.9 Å². The van der Waals surface area contributed by atoms with Gasteiger partial charge >= 0.3 is 0 Å². The zero-order valence-corrected chi connectivity index (χ0v) is 21.7. The van der Waals surface area contributed by atoms with E-state index in [9.17, 15) is 14.0 Å². The molecular weight excluding hydrogens is 483 g/mol. The number of thioether (sulfide) groups is 1. The van der Waals surface area contributed by atoms with Gasteiger partial charge in [-0.05, 0) is 67.9 Å². The van der Waals surface area contributed by atoms with Gasteiger partial charge in [0.25, 0.3) is 5.56 Å². The van der Waals surface area contributed by atoms with Crippen molar-refractivity contribution in [2.24, 2.45) is 5.92 Å². The number of aromatic nitrogens is 2. The third kappa shape index (κ3) is 5.76. The number of hydrogen-bond acceptors (Lipinski definition) is 6. The third-order valence-electron chi connectivity index (χ3n) is 6.18. The van der Waals surface area contributed by atoms with E-state index >= 15 is 0 Å². The van der Waals surface area contributed by atoms with Crippen molar-refractivity contribution < 1.29 is 9.18 Å². The van der Waals surface area contributed by atoms with Gasteiger partial charge in [0.05, 0.1) is 23.6 Å². The average Bonchev–Trinajstić information content (AvgIpc) is 3.22. The molecule has 1 aromatic carbocycles. The zero-order chi connectivity index (χ0) is 24.9. The maximum absolute atomic E-state index is 13.6. The van der Waals surface area contributed by atoms with Gasteiger partial charge < -0.3 is 4.90 Å². The third-order valence-corrected chi connectivity index (χ3v) is 8.33. The highest BCUT2D eigenvalue weighted by Gasteiger charge is 2.23. The fraction of sp³-hybridized carbons (Fsp3) is 0.462. The monoisotopic (exact) mass is 512 g/mol. The molecule has 0 saturated heterocycles. The number of thiophene rings is 1. The van der Waals surface area contributed by atoms with Crippen molar-refractivity contribution in [3.63, 3.8) is 0 Å². The molecule has 0 aliphatic heterocycles. The topological polar surface area (TPSA) is 79.0 Å². The lowest BCUT2D eigenvalue weighted by molar-refractivity contribution is -0.116. The number of hydrogen-bond donors (Lipinski definition) is 0. The molecule has 0 radical (unpaired) electrons. The van der Waals surface area contributed by atoms with Crippen molar-refractivity contribution in [1.82, 2.24) is 9.55 Å². The molecule has 4 rings (SSSR count). The molecule has 0 saturated carbocycles. The van der Waals surface area contributed by atoms with Crippen molar-refractivity contribution in [1.29, 1.82) is 5.26 Å². The predicted octanol–water partition coefficient (Wildman–Crippen LogP) is 5.56. The van der Waals surface area contributed by atoms with Gasteiger partial charge in [-0.1, -0.05) is 25.6 Å². The van der Waals surface area contributed by atoms with Gasteiger partial charge in [0.1, 0.15) is 10.6 Å². The Labute approximate surface area is 212 Å². The van der Waals surface area contributed by atoms with Crippen LogP contribution in [-0.4, -0.2) is 27.8 Å². The Morgan fingerprint density at radius 1 is 1.29 bits per heavy atom. The first-order valence-electron chi connectivity index (χ1n) is 12.0. The fourth-order valence-corrected chi connectivity index (χ4v) is 6.50. The summed E-state index contributed by atoms with van der Waals surface area (Å²) in [5, 5.41) is 10.3. The molecule has 6 nitrogen and oxygen atoms in total. The lowest BCUT2D eigenvalue weighted by Gasteiger charge is -2.22. The first-order valence-corrected chi connectivity index (χ1v) is 13.8. The van der Waals surface area contributed by atoms with Crippen LogP contribution < -0.4 is 10.5 Å². The summed E-state index contributed by atoms with van der Waals surface area (Å²) in [5.41, 5.74) is 1.70. The van der Waals surface area contributed by atoms with E-state index in [1.807, 2.05) is 0 Å². The number of rotatable bonds is 9. The highest BCUT2D eigenvalue weighted by atomic mass is 32.2. The molecule has 0 atom stereocenters. The number of fused-ring (bicyclic) bond motifs is 3. The van der Waals surface area contributed by atoms with E-state index < -0.39 is 0 Å². The van der Waals surface area contributed by atoms with Crippen LogP contribution >= 0.6 is 23.1 Å². The molecule has 3 aromatic rings. The molecule has 0 spiro atoms. The largest absolute Gasteiger partial charge is 0.311 e. The maximum atomic E-state index is 13.6. The number of nitrogens with zero attached hydrogens (tertiary/aromatic N) is 4. The highest BCUT2D eigenvalue weighted by molar-refractivity contribution is 7.99. The SMILES string of the molecule is CC(C)CCn1c(SCC(=O)N(CCC#N)c2ccc(F)cc2)nc2sc3c(c2c1=O)CCCC3. The smallest absolute Gasteiger partial charge is 0.263 e. The Bertz CT molecular complexity index is 1310. The Kier molecular flexibility index (Phi) is 8.24. The molecule has 1 aliphatic rings. The summed E-state index contributed by atoms with van der Waals surface area (Å²) in [7, 11) is 0. The average molecular weight is 513 g/mol. The highest BCUT2D eigenvalue weighted by Crippen LogP contribution is 2.35. The number of carbonyl (C=O) groups is 1. The molecule has 184 valence electrons. The summed E-state index contributed by atoms with van der Waals surface area (Å²) in [6.45, 7) is 5.01. The van der Waals surface area contributed by atoms with Gasteiger partial charge in [-0.25, -0.2) is 9.37 Å². The summed E-state index contributed by atoms with van der Waals surface area (Å²) in [5.74, 6) is -0.116. The second-order valence-electron chi connectivity index (χ2n) is 9.14. The van der Waals surface area contributed by atoms with Gasteiger partial charge in [0.15, 0.2) is 5.16 Å². The number of nitriles is 1. The van der Waals surface area contributed by atoms with Crippen LogP contribution in [0.1, 0.15) is 50.0 Å². The Hall–Kier alpha value is -2.70. The molecule has 1 amide bonds. The van der Waals surface area contributed by atoms with E-state index in [2.05, 4.69) is 19.9 Å². The van der Waals surface area contributed by atoms with Gasteiger partial charge in [-0.2, -0.15) is 5.26 Å². The van der Waals surface area contributed by atoms with Crippen LogP contribution in [-0.2, 0) is 24.2 Å². The van der Waals surface area contributed by atoms with E-state index in [1.54, 1.807) is 15.9 Å². The lowest BCUT2D eigenvalue weighted by Crippen LogP contribution is -2.33. The van der Waals surface area contributed by atoms with Crippen LogP contribution in [0.3, 0.4) is 0 Å². The normalized spacial score (nSPS) is 13.1. The predicted molar refractivity (Wildman–Crippen MR) is 140 cm³/mol. The molecule has 0 N–H and O–H groups in total. The number of aryl methyl sites for hydroxylation is 2. The van der Waals surface area contributed by atoms with Crippen LogP contribution in [0, 0.1) is 23.1 Å². The van der Waals surface area contributed by atoms with Crippen molar-refractivity contribution in [2.45, 2.75) is 64.1 Å². The van der Waals surface area contributed by atoms with E-state index in [0.717, 1.165) is 42.3 Å². The van der Waals surface area contributed by atoms with Crippen LogP contribution in [0.4, 0.5) is 10.1 Å². The first-order chi connectivity index (χ1) is 16.9. The standard InChI is InChI=1S/C26H29FN4O2S2/c1-17(2)12-15-31-25(33)23-20-6-3-4-7-21(20)35-24(23)29-26(31)34-16-22(32)30(14-5-13-28)19-10-8-18(27)9-11-19/h8-11,17H,3-7,12,14-16H2,1-2H3. The fourth-order valence-electron chi connectivity index (χ4n) is 4.30. The van der Waals surface area contributed by atoms with E-state index in [-0.39, 0.29) is 36.0 Å². The summed E-state index contributed by atoms with van der Waals surface area (Å²) in [6.07, 6.45) is 5.15. The summed E-state index contributed by atoms with van der Waals surface area (Å²) >= 11 is 2.86. The second-order valence-corrected chi connectivity index (χ2v) is 11.2. The van der Waals surface area contributed by atoms with Gasteiger partial charge in [-0.15, -0.1) is 11.3 Å². The van der Waals surface area contributed by atoms with Crippen molar-refractivity contribution >= 4 is 44.9 Å². The van der Waals surface area contributed by atoms with Crippen LogP contribution in [0.2, 0.25) is 0 Å². The number of carbonyl (C=O) groups excluding carboxylic acids is 1. The minimum Gasteiger partial charge on any atom is -0.311 e. The minimum absolute atomic E-state index is 0.00938. The lowest BCUT2D eigenvalue weighted by atomic mass is 9.97. The first kappa shape index (κ1) is 25.4. The molecule has 0 fully saturated rings. The summed E-state index contributed by atoms with van der Waals surface area (Å²) < 4.78 is 15.1. The minimum atomic E-state index is -0.388. The van der Waals surface area contributed by atoms with E-state index in [4.69, 9.17) is 10.2 Å². The molecule has 0 bridgehead atoms. The molecular formula is C26H29FN4O2S2. The Morgan fingerprint density at radius 2 is 2.03 bits per heavy atom. The zero-order valence-electron chi connectivity index (χ0n) is 20.1. The van der Waals surface area contributed by atoms with Crippen molar-refractivity contribution in [3.8, 4) is 6.07 Å². The molecule has 2 heterocycles. The number of anilines is 1. The van der Waals surface area contributed by atoms with Crippen molar-refractivity contribution in [2.75, 3.05) is 17.2 Å². The van der Waals surface area contributed by atoms with Crippen LogP contribution in [0.15, 0.2) is 34.2 Å². The number of halogens is 1. The number of benzene rings is 1. The van der Waals surface area contributed by atoms with Gasteiger partial charge in [0, 0.05) is 23.7 Å². The Balaban J connectivity index is 1.64. The molecule has 35 heavy (non-hydrogen) atoms. The summed E-state index contributed by atoms with van der Waals surface area (Å²) in [6, 6.07) is 7.73. The maximum Gasteiger partial charge on any atom is 0.263 e. The quantitative estimate of drug-likeness (QED) is 0.277. The second kappa shape index (κ2) is 11.4. The molecule has 0 unspecified atom stereocenters. The molecule has 9 heteroatoms. The number of amides is 1. The molecule has 2 aromatic heterocycles. The van der Waals surface area contributed by atoms with E-state index in [1.165, 1.54) is 51.4 Å². The summed E-state index contributed by atoms with van der Waals surface area (Å²) in [4.78, 5) is 35.2. The molecule has 1 aliphatic carbocycles. The van der Waals surface area contributed by atoms with Crippen LogP contribution in [0.5, 0.6) is 0 Å². The van der Waals surface area contributed by atoms with Gasteiger partial charge in [-0.3, -0.25) is 14.2 Å². The van der Waals surface area contributed by atoms with E-state index in [0.29, 0.717) is 23.3 Å². The Morgan fingerprint density at radius 3 is 2.74 bits per heavy atom. The van der Waals surface area contributed by atoms with Crippen LogP contribution in [0.25, 0.3) is 10.2 Å².